The van der Waals surface area contributed by atoms with E-state index in [-0.39, 0.29) is 30.1 Å². The number of guanidine groups is 1. The van der Waals surface area contributed by atoms with Crippen LogP contribution < -0.4 is 21.1 Å². The average Bonchev–Trinajstić information content (AvgIpc) is 3.05. The summed E-state index contributed by atoms with van der Waals surface area (Å²) in [6.07, 6.45) is 2.95. The largest absolute Gasteiger partial charge is 0.350 e. The normalized spacial score (nSPS) is 27.2. The molecule has 1 aromatic heterocycles. The molecule has 2 aromatic carbocycles. The molecule has 5 atom stereocenters. The number of nitrogens with one attached hydrogen (secondary N) is 2. The third kappa shape index (κ3) is 6.76. The molecule has 10 nitrogen and oxygen atoms in total. The van der Waals surface area contributed by atoms with Gasteiger partial charge in [0.05, 0.1) is 23.5 Å². The summed E-state index contributed by atoms with van der Waals surface area (Å²) in [6, 6.07) is 11.4. The second-order valence-electron chi connectivity index (χ2n) is 15.3. The zero-order chi connectivity index (χ0) is 34.6. The van der Waals surface area contributed by atoms with Gasteiger partial charge in [-0.15, -0.1) is 0 Å². The van der Waals surface area contributed by atoms with E-state index in [1.54, 1.807) is 16.7 Å². The maximum atomic E-state index is 14.2. The van der Waals surface area contributed by atoms with Crippen LogP contribution in [0.4, 0.5) is 11.6 Å². The molecule has 0 radical (unpaired) electrons. The van der Waals surface area contributed by atoms with Gasteiger partial charge in [-0.3, -0.25) is 14.2 Å². The van der Waals surface area contributed by atoms with E-state index in [1.807, 2.05) is 36.1 Å². The highest BCUT2D eigenvalue weighted by atomic mass is 35.5. The van der Waals surface area contributed by atoms with Crippen LogP contribution in [-0.2, 0) is 17.8 Å². The molecule has 3 aromatic rings. The summed E-state index contributed by atoms with van der Waals surface area (Å²) < 4.78 is 1.68. The van der Waals surface area contributed by atoms with Gasteiger partial charge in [0.2, 0.25) is 11.9 Å². The lowest BCUT2D eigenvalue weighted by Gasteiger charge is -2.61. The first-order valence-electron chi connectivity index (χ1n) is 17.7. The number of hydrogen-bond donors (Lipinski definition) is 2. The molecule has 2 N–H and O–H groups in total. The molecule has 3 aliphatic carbocycles. The topological polar surface area (TPSA) is 98.1 Å². The van der Waals surface area contributed by atoms with Gasteiger partial charge in [0.25, 0.3) is 5.56 Å². The Hall–Kier alpha value is -3.34. The summed E-state index contributed by atoms with van der Waals surface area (Å²) in [5, 5.41) is 8.30. The number of aliphatic imine (C=N–C) groups is 1. The second-order valence-corrected chi connectivity index (χ2v) is 16.2. The van der Waals surface area contributed by atoms with Gasteiger partial charge in [0.15, 0.2) is 5.96 Å². The van der Waals surface area contributed by atoms with Crippen molar-refractivity contribution in [1.29, 1.82) is 0 Å². The van der Waals surface area contributed by atoms with Crippen molar-refractivity contribution < 1.29 is 4.79 Å². The van der Waals surface area contributed by atoms with E-state index in [0.717, 1.165) is 55.7 Å². The summed E-state index contributed by atoms with van der Waals surface area (Å²) in [5.74, 6) is 3.23. The summed E-state index contributed by atoms with van der Waals surface area (Å²) in [5.41, 5.74) is 2.55. The molecule has 0 unspecified atom stereocenters. The van der Waals surface area contributed by atoms with Gasteiger partial charge in [-0.25, -0.2) is 9.98 Å². The lowest BCUT2D eigenvalue weighted by Crippen LogP contribution is -2.57. The van der Waals surface area contributed by atoms with E-state index in [1.165, 1.54) is 6.42 Å². The summed E-state index contributed by atoms with van der Waals surface area (Å²) in [7, 11) is 2.16. The molecule has 5 fully saturated rings. The molecule has 8 rings (SSSR count). The molecule has 3 heterocycles. The molecule has 49 heavy (non-hydrogen) atoms. The SMILES string of the molecule is C[C@@H]1[C@@H](N=C(Nc2ccc3c(=O)n(CCc4ccc(Cl)cc4Cl)c(N4CC(=O)N[C@@H](C)C4)nc3c2)N2CCN(C)CC2)C[C@@H]2C[C@H]1C2(C)C. The highest BCUT2D eigenvalue weighted by molar-refractivity contribution is 6.35. The summed E-state index contributed by atoms with van der Waals surface area (Å²) >= 11 is 12.6. The Bertz CT molecular complexity index is 1830. The van der Waals surface area contributed by atoms with Crippen LogP contribution in [0, 0.1) is 23.2 Å². The van der Waals surface area contributed by atoms with Gasteiger partial charge >= 0.3 is 0 Å². The summed E-state index contributed by atoms with van der Waals surface area (Å²) in [4.78, 5) is 44.0. The van der Waals surface area contributed by atoms with Gasteiger partial charge in [-0.2, -0.15) is 0 Å². The Morgan fingerprint density at radius 1 is 1.06 bits per heavy atom. The molecule has 2 saturated heterocycles. The maximum absolute atomic E-state index is 14.2. The van der Waals surface area contributed by atoms with Crippen molar-refractivity contribution in [2.75, 3.05) is 56.5 Å². The van der Waals surface area contributed by atoms with E-state index in [0.29, 0.717) is 63.7 Å². The van der Waals surface area contributed by atoms with Gasteiger partial charge < -0.3 is 25.3 Å². The fraction of sp³-hybridized carbons (Fsp3) is 0.568. The first kappa shape index (κ1) is 34.1. The fourth-order valence-electron chi connectivity index (χ4n) is 8.56. The van der Waals surface area contributed by atoms with E-state index in [9.17, 15) is 9.59 Å². The number of rotatable bonds is 6. The molecule has 1 amide bonds. The molecular formula is C37H48Cl2N8O2. The Balaban J connectivity index is 1.23. The van der Waals surface area contributed by atoms with Crippen LogP contribution >= 0.6 is 23.2 Å². The Morgan fingerprint density at radius 2 is 1.84 bits per heavy atom. The quantitative estimate of drug-likeness (QED) is 0.263. The minimum atomic E-state index is -0.152. The average molecular weight is 708 g/mol. The van der Waals surface area contributed by atoms with Crippen molar-refractivity contribution in [2.45, 2.75) is 65.6 Å². The van der Waals surface area contributed by atoms with E-state index in [2.05, 4.69) is 48.3 Å². The monoisotopic (exact) mass is 706 g/mol. The molecule has 2 bridgehead atoms. The standard InChI is InChI=1S/C37H48Cl2N8O2/c1-22-20-46(21-33(48)40-22)36-43-32-19-27(8-9-28(32)34(49)47(36)11-10-24-6-7-26(38)18-30(24)39)41-35(45-14-12-44(5)13-15-45)42-31-17-25-16-29(23(31)2)37(25,3)4/h6-9,18-19,22-23,25,29,31H,10-17,20-21H2,1-5H3,(H,40,48)(H,41,42)/t22-,23-,25-,29+,31-/m0/s1. The van der Waals surface area contributed by atoms with Gasteiger partial charge in [0.1, 0.15) is 0 Å². The highest BCUT2D eigenvalue weighted by Crippen LogP contribution is 2.61. The number of likely N-dealkylation sites (N-methyl/N-ethyl adjacent to an activating group) is 1. The lowest BCUT2D eigenvalue weighted by atomic mass is 9.45. The number of amides is 1. The van der Waals surface area contributed by atoms with Gasteiger partial charge in [0, 0.05) is 61.0 Å². The molecule has 262 valence electrons. The van der Waals surface area contributed by atoms with Gasteiger partial charge in [-0.05, 0) is 92.3 Å². The number of aryl methyl sites for hydroxylation is 1. The first-order valence-corrected chi connectivity index (χ1v) is 18.4. The first-order chi connectivity index (χ1) is 23.4. The number of piperazine rings is 2. The van der Waals surface area contributed by atoms with Crippen molar-refractivity contribution >= 4 is 57.6 Å². The van der Waals surface area contributed by atoms with Crippen LogP contribution in [0.15, 0.2) is 46.2 Å². The predicted octanol–water partition coefficient (Wildman–Crippen LogP) is 5.36. The van der Waals surface area contributed by atoms with Crippen molar-refractivity contribution in [3.63, 3.8) is 0 Å². The highest BCUT2D eigenvalue weighted by Gasteiger charge is 2.56. The minimum absolute atomic E-state index is 0.0813. The van der Waals surface area contributed by atoms with Crippen LogP contribution in [0.2, 0.25) is 10.0 Å². The zero-order valence-electron chi connectivity index (χ0n) is 29.2. The molecule has 12 heteroatoms. The Labute approximate surface area is 298 Å². The molecule has 2 aliphatic heterocycles. The number of nitrogens with zero attached hydrogens (tertiary/aromatic N) is 6. The minimum Gasteiger partial charge on any atom is -0.350 e. The van der Waals surface area contributed by atoms with E-state index < -0.39 is 0 Å². The van der Waals surface area contributed by atoms with Gasteiger partial charge in [-0.1, -0.05) is 50.0 Å². The number of carbonyl (C=O) groups excluding carboxylic acids is 1. The smallest absolute Gasteiger partial charge is 0.262 e. The summed E-state index contributed by atoms with van der Waals surface area (Å²) in [6.45, 7) is 14.0. The molecule has 0 spiro atoms. The Morgan fingerprint density at radius 3 is 2.53 bits per heavy atom. The maximum Gasteiger partial charge on any atom is 0.262 e. The molecule has 5 aliphatic rings. The van der Waals surface area contributed by atoms with E-state index >= 15 is 0 Å². The molecular weight excluding hydrogens is 659 g/mol. The number of carbonyl (C=O) groups is 1. The van der Waals surface area contributed by atoms with Crippen LogP contribution in [-0.4, -0.2) is 89.6 Å². The zero-order valence-corrected chi connectivity index (χ0v) is 30.7. The Kier molecular flexibility index (Phi) is 9.34. The number of aromatic nitrogens is 2. The third-order valence-electron chi connectivity index (χ3n) is 11.7. The number of anilines is 2. The molecule has 3 saturated carbocycles. The number of hydrogen-bond acceptors (Lipinski definition) is 6. The van der Waals surface area contributed by atoms with Crippen LogP contribution in [0.25, 0.3) is 10.9 Å². The van der Waals surface area contributed by atoms with Crippen LogP contribution in [0.5, 0.6) is 0 Å². The third-order valence-corrected chi connectivity index (χ3v) is 12.3. The van der Waals surface area contributed by atoms with Crippen LogP contribution in [0.3, 0.4) is 0 Å². The van der Waals surface area contributed by atoms with Crippen molar-refractivity contribution in [2.24, 2.45) is 28.2 Å². The number of benzene rings is 2. The predicted molar refractivity (Wildman–Crippen MR) is 199 cm³/mol. The van der Waals surface area contributed by atoms with Crippen molar-refractivity contribution in [1.82, 2.24) is 24.7 Å². The number of fused-ring (bicyclic) bond motifs is 3. The second kappa shape index (κ2) is 13.4. The van der Waals surface area contributed by atoms with E-state index in [4.69, 9.17) is 33.2 Å². The lowest BCUT2D eigenvalue weighted by molar-refractivity contribution is -0.121. The van der Waals surface area contributed by atoms with Crippen LogP contribution in [0.1, 0.15) is 46.1 Å². The number of halogens is 2. The fourth-order valence-corrected chi connectivity index (χ4v) is 9.07. The van der Waals surface area contributed by atoms with Crippen molar-refractivity contribution in [3.8, 4) is 0 Å². The van der Waals surface area contributed by atoms with Crippen molar-refractivity contribution in [3.05, 3.63) is 62.4 Å².